The first-order valence-corrected chi connectivity index (χ1v) is 5.50. The van der Waals surface area contributed by atoms with Crippen LogP contribution in [0, 0.1) is 19.8 Å². The highest BCUT2D eigenvalue weighted by molar-refractivity contribution is 5.99. The molecule has 0 aliphatic carbocycles. The largest absolute Gasteiger partial charge is 0.316 e. The van der Waals surface area contributed by atoms with E-state index in [-0.39, 0.29) is 5.92 Å². The van der Waals surface area contributed by atoms with Crippen molar-refractivity contribution < 1.29 is 4.79 Å². The summed E-state index contributed by atoms with van der Waals surface area (Å²) in [6.45, 7) is 5.88. The Kier molecular flexibility index (Phi) is 2.87. The van der Waals surface area contributed by atoms with Gasteiger partial charge in [0, 0.05) is 18.0 Å². The molecule has 0 bridgehead atoms. The molecule has 1 fully saturated rings. The molecule has 15 heavy (non-hydrogen) atoms. The number of nitrogens with one attached hydrogen (secondary N) is 1. The molecule has 1 aliphatic heterocycles. The van der Waals surface area contributed by atoms with Crippen molar-refractivity contribution in [3.05, 3.63) is 34.9 Å². The molecule has 0 radical (unpaired) electrons. The third-order valence-electron chi connectivity index (χ3n) is 3.08. The van der Waals surface area contributed by atoms with E-state index in [1.54, 1.807) is 0 Å². The Morgan fingerprint density at radius 2 is 2.20 bits per heavy atom. The lowest BCUT2D eigenvalue weighted by Gasteiger charge is -2.10. The van der Waals surface area contributed by atoms with Crippen molar-refractivity contribution in [1.29, 1.82) is 0 Å². The van der Waals surface area contributed by atoms with Crippen LogP contribution in [0.15, 0.2) is 18.2 Å². The summed E-state index contributed by atoms with van der Waals surface area (Å²) < 4.78 is 0. The first kappa shape index (κ1) is 10.4. The van der Waals surface area contributed by atoms with Crippen molar-refractivity contribution in [2.75, 3.05) is 13.1 Å². The number of benzene rings is 1. The molecular weight excluding hydrogens is 186 g/mol. The van der Waals surface area contributed by atoms with Crippen molar-refractivity contribution in [2.24, 2.45) is 5.92 Å². The Labute approximate surface area is 90.7 Å². The zero-order valence-corrected chi connectivity index (χ0v) is 9.34. The predicted molar refractivity (Wildman–Crippen MR) is 61.2 cm³/mol. The van der Waals surface area contributed by atoms with Gasteiger partial charge >= 0.3 is 0 Å². The number of hydrogen-bond acceptors (Lipinski definition) is 2. The molecule has 1 atom stereocenters. The first-order chi connectivity index (χ1) is 7.18. The molecule has 0 amide bonds. The highest BCUT2D eigenvalue weighted by Crippen LogP contribution is 2.19. The second-order valence-corrected chi connectivity index (χ2v) is 4.37. The fourth-order valence-corrected chi connectivity index (χ4v) is 2.19. The van der Waals surface area contributed by atoms with Crippen molar-refractivity contribution in [2.45, 2.75) is 20.3 Å². The summed E-state index contributed by atoms with van der Waals surface area (Å²) in [5.74, 6) is 0.490. The van der Waals surface area contributed by atoms with Crippen LogP contribution < -0.4 is 5.32 Å². The highest BCUT2D eigenvalue weighted by Gasteiger charge is 2.24. The molecule has 80 valence electrons. The van der Waals surface area contributed by atoms with Gasteiger partial charge in [-0.1, -0.05) is 23.8 Å². The van der Waals surface area contributed by atoms with Crippen LogP contribution in [0.4, 0.5) is 0 Å². The first-order valence-electron chi connectivity index (χ1n) is 5.50. The Hall–Kier alpha value is -1.15. The molecule has 1 saturated heterocycles. The van der Waals surface area contributed by atoms with E-state index in [4.69, 9.17) is 0 Å². The normalized spacial score (nSPS) is 20.5. The minimum absolute atomic E-state index is 0.186. The van der Waals surface area contributed by atoms with Crippen molar-refractivity contribution in [1.82, 2.24) is 5.32 Å². The average molecular weight is 203 g/mol. The summed E-state index contributed by atoms with van der Waals surface area (Å²) in [6.07, 6.45) is 0.978. The Bertz CT molecular complexity index is 378. The van der Waals surface area contributed by atoms with E-state index >= 15 is 0 Å². The van der Waals surface area contributed by atoms with Crippen molar-refractivity contribution >= 4 is 5.78 Å². The van der Waals surface area contributed by atoms with Crippen LogP contribution in [0.5, 0.6) is 0 Å². The van der Waals surface area contributed by atoms with Crippen molar-refractivity contribution in [3.8, 4) is 0 Å². The number of carbonyl (C=O) groups is 1. The zero-order chi connectivity index (χ0) is 10.8. The number of Topliss-reactive ketones (excluding diaryl/α,β-unsaturated/α-hetero) is 1. The van der Waals surface area contributed by atoms with Crippen LogP contribution in [-0.4, -0.2) is 18.9 Å². The van der Waals surface area contributed by atoms with Gasteiger partial charge < -0.3 is 5.32 Å². The average Bonchev–Trinajstić information content (AvgIpc) is 2.69. The summed E-state index contributed by atoms with van der Waals surface area (Å²) in [5.41, 5.74) is 3.22. The summed E-state index contributed by atoms with van der Waals surface area (Å²) in [4.78, 5) is 12.1. The van der Waals surface area contributed by atoms with E-state index in [0.29, 0.717) is 5.78 Å². The van der Waals surface area contributed by atoms with Gasteiger partial charge in [-0.05, 0) is 32.4 Å². The molecule has 1 heterocycles. The highest BCUT2D eigenvalue weighted by atomic mass is 16.1. The number of carbonyl (C=O) groups excluding carboxylic acids is 1. The van der Waals surface area contributed by atoms with Gasteiger partial charge in [0.15, 0.2) is 5.78 Å². The molecule has 2 heteroatoms. The number of aryl methyl sites for hydroxylation is 2. The van der Waals surface area contributed by atoms with E-state index < -0.39 is 0 Å². The van der Waals surface area contributed by atoms with Gasteiger partial charge in [0.2, 0.25) is 0 Å². The molecule has 2 rings (SSSR count). The topological polar surface area (TPSA) is 29.1 Å². The maximum atomic E-state index is 12.1. The molecule has 1 N–H and O–H groups in total. The molecule has 2 nitrogen and oxygen atoms in total. The number of ketones is 1. The van der Waals surface area contributed by atoms with Gasteiger partial charge in [0.25, 0.3) is 0 Å². The summed E-state index contributed by atoms with van der Waals surface area (Å²) in [6, 6.07) is 6.06. The van der Waals surface area contributed by atoms with Gasteiger partial charge in [-0.15, -0.1) is 0 Å². The lowest BCUT2D eigenvalue weighted by molar-refractivity contribution is 0.0930. The summed E-state index contributed by atoms with van der Waals surface area (Å²) in [5, 5.41) is 3.23. The van der Waals surface area contributed by atoms with Crippen LogP contribution >= 0.6 is 0 Å². The minimum atomic E-state index is 0.186. The van der Waals surface area contributed by atoms with Crippen molar-refractivity contribution in [3.63, 3.8) is 0 Å². The van der Waals surface area contributed by atoms with Crippen LogP contribution in [0.2, 0.25) is 0 Å². The van der Waals surface area contributed by atoms with Crippen LogP contribution in [0.25, 0.3) is 0 Å². The maximum Gasteiger partial charge on any atom is 0.167 e. The molecule has 1 aromatic rings. The molecule has 1 unspecified atom stereocenters. The fourth-order valence-electron chi connectivity index (χ4n) is 2.19. The van der Waals surface area contributed by atoms with Crippen LogP contribution in [-0.2, 0) is 0 Å². The van der Waals surface area contributed by atoms with Crippen LogP contribution in [0.3, 0.4) is 0 Å². The predicted octanol–water partition coefficient (Wildman–Crippen LogP) is 2.10. The van der Waals surface area contributed by atoms with Crippen LogP contribution in [0.1, 0.15) is 27.9 Å². The van der Waals surface area contributed by atoms with Gasteiger partial charge in [-0.3, -0.25) is 4.79 Å². The van der Waals surface area contributed by atoms with Gasteiger partial charge in [0.05, 0.1) is 0 Å². The van der Waals surface area contributed by atoms with Gasteiger partial charge in [0.1, 0.15) is 0 Å². The summed E-state index contributed by atoms with van der Waals surface area (Å²) in [7, 11) is 0. The monoisotopic (exact) mass is 203 g/mol. The third-order valence-corrected chi connectivity index (χ3v) is 3.08. The minimum Gasteiger partial charge on any atom is -0.316 e. The third kappa shape index (κ3) is 2.10. The quantitative estimate of drug-likeness (QED) is 0.746. The molecule has 0 spiro atoms. The van der Waals surface area contributed by atoms with E-state index in [9.17, 15) is 4.79 Å². The molecule has 1 aliphatic rings. The lowest BCUT2D eigenvalue weighted by Crippen LogP contribution is -2.18. The second kappa shape index (κ2) is 4.15. The SMILES string of the molecule is Cc1ccc(C(=O)C2CCNC2)c(C)c1. The number of rotatable bonds is 2. The Morgan fingerprint density at radius 1 is 1.40 bits per heavy atom. The van der Waals surface area contributed by atoms with E-state index in [1.807, 2.05) is 19.1 Å². The smallest absolute Gasteiger partial charge is 0.167 e. The van der Waals surface area contributed by atoms with Gasteiger partial charge in [-0.25, -0.2) is 0 Å². The standard InChI is InChI=1S/C13H17NO/c1-9-3-4-12(10(2)7-9)13(15)11-5-6-14-8-11/h3-4,7,11,14H,5-6,8H2,1-2H3. The van der Waals surface area contributed by atoms with E-state index in [2.05, 4.69) is 18.3 Å². The molecular formula is C13H17NO. The molecule has 1 aromatic carbocycles. The van der Waals surface area contributed by atoms with E-state index in [1.165, 1.54) is 5.56 Å². The zero-order valence-electron chi connectivity index (χ0n) is 9.34. The molecule has 0 saturated carbocycles. The number of hydrogen-bond donors (Lipinski definition) is 1. The maximum absolute atomic E-state index is 12.1. The van der Waals surface area contributed by atoms with E-state index in [0.717, 1.165) is 30.6 Å². The Morgan fingerprint density at radius 3 is 2.80 bits per heavy atom. The lowest BCUT2D eigenvalue weighted by atomic mass is 9.93. The second-order valence-electron chi connectivity index (χ2n) is 4.37. The molecule has 0 aromatic heterocycles. The summed E-state index contributed by atoms with van der Waals surface area (Å²) >= 11 is 0. The van der Waals surface area contributed by atoms with Gasteiger partial charge in [-0.2, -0.15) is 0 Å². The fraction of sp³-hybridized carbons (Fsp3) is 0.462. The Balaban J connectivity index is 2.24.